The monoisotopic (exact) mass is 296 g/mol. The van der Waals surface area contributed by atoms with Gasteiger partial charge in [0.05, 0.1) is 12.1 Å². The summed E-state index contributed by atoms with van der Waals surface area (Å²) in [6.07, 6.45) is 2.36. The maximum Gasteiger partial charge on any atom is 0.308 e. The van der Waals surface area contributed by atoms with Crippen LogP contribution >= 0.6 is 0 Å². The lowest BCUT2D eigenvalue weighted by Crippen LogP contribution is -2.33. The Bertz CT molecular complexity index is 502. The summed E-state index contributed by atoms with van der Waals surface area (Å²) in [5.74, 6) is -0.269. The number of aromatic nitrogens is 1. The summed E-state index contributed by atoms with van der Waals surface area (Å²) in [7, 11) is 1.61. The fourth-order valence-electron chi connectivity index (χ4n) is 1.77. The molecule has 0 spiro atoms. The number of carbonyl (C=O) groups is 2. The van der Waals surface area contributed by atoms with Gasteiger partial charge in [-0.2, -0.15) is 0 Å². The van der Waals surface area contributed by atoms with Gasteiger partial charge in [0.2, 0.25) is 5.91 Å². The molecule has 0 radical (unpaired) electrons. The first-order chi connectivity index (χ1) is 9.61. The zero-order valence-corrected chi connectivity index (χ0v) is 13.3. The van der Waals surface area contributed by atoms with Crippen LogP contribution in [0.5, 0.6) is 0 Å². The normalized spacial score (nSPS) is 13.0. The molecular formula is C15H24N2O4. The van der Waals surface area contributed by atoms with E-state index in [2.05, 4.69) is 4.98 Å². The van der Waals surface area contributed by atoms with Crippen molar-refractivity contribution < 1.29 is 19.1 Å². The van der Waals surface area contributed by atoms with Crippen LogP contribution in [-0.2, 0) is 21.4 Å². The molecule has 0 aromatic carbocycles. The van der Waals surface area contributed by atoms with Crippen molar-refractivity contribution in [2.45, 2.75) is 46.0 Å². The van der Waals surface area contributed by atoms with Gasteiger partial charge in [0.25, 0.3) is 0 Å². The van der Waals surface area contributed by atoms with Gasteiger partial charge in [0.1, 0.15) is 5.76 Å². The highest BCUT2D eigenvalue weighted by molar-refractivity contribution is 5.77. The number of nitrogens with zero attached hydrogens (tertiary/aromatic N) is 2. The second-order valence-corrected chi connectivity index (χ2v) is 6.38. The van der Waals surface area contributed by atoms with Gasteiger partial charge < -0.3 is 14.4 Å². The van der Waals surface area contributed by atoms with Crippen molar-refractivity contribution in [1.82, 2.24) is 9.88 Å². The van der Waals surface area contributed by atoms with E-state index in [1.54, 1.807) is 20.2 Å². The number of carboxylic acids is 1. The molecular weight excluding hydrogens is 272 g/mol. The SMILES string of the molecule is CC(CN(C)C(=O)CCc1ncc(C(C)(C)C)o1)C(=O)O. The highest BCUT2D eigenvalue weighted by Crippen LogP contribution is 2.23. The molecule has 0 saturated heterocycles. The number of carboxylic acid groups (broad SMARTS) is 1. The van der Waals surface area contributed by atoms with E-state index >= 15 is 0 Å². The van der Waals surface area contributed by atoms with E-state index in [-0.39, 0.29) is 24.3 Å². The van der Waals surface area contributed by atoms with Crippen LogP contribution in [0.3, 0.4) is 0 Å². The molecule has 1 rings (SSSR count). The molecule has 0 bridgehead atoms. The Kier molecular flexibility index (Phi) is 5.52. The maximum absolute atomic E-state index is 11.9. The Morgan fingerprint density at radius 1 is 1.43 bits per heavy atom. The van der Waals surface area contributed by atoms with Crippen LogP contribution < -0.4 is 0 Å². The molecule has 0 aliphatic rings. The number of carbonyl (C=O) groups excluding carboxylic acids is 1. The zero-order valence-electron chi connectivity index (χ0n) is 13.3. The molecule has 0 fully saturated rings. The maximum atomic E-state index is 11.9. The summed E-state index contributed by atoms with van der Waals surface area (Å²) in [4.78, 5) is 28.3. The first kappa shape index (κ1) is 17.2. The van der Waals surface area contributed by atoms with E-state index in [9.17, 15) is 9.59 Å². The molecule has 1 aromatic heterocycles. The van der Waals surface area contributed by atoms with E-state index in [1.165, 1.54) is 4.90 Å². The van der Waals surface area contributed by atoms with Gasteiger partial charge in [-0.25, -0.2) is 4.98 Å². The fraction of sp³-hybridized carbons (Fsp3) is 0.667. The second kappa shape index (κ2) is 6.74. The number of aliphatic carboxylic acids is 1. The summed E-state index contributed by atoms with van der Waals surface area (Å²) in [5, 5.41) is 8.84. The lowest BCUT2D eigenvalue weighted by molar-refractivity contribution is -0.142. The third-order valence-electron chi connectivity index (χ3n) is 3.24. The fourth-order valence-corrected chi connectivity index (χ4v) is 1.77. The van der Waals surface area contributed by atoms with Crippen molar-refractivity contribution in [3.8, 4) is 0 Å². The van der Waals surface area contributed by atoms with Gasteiger partial charge in [-0.3, -0.25) is 9.59 Å². The molecule has 6 heteroatoms. The molecule has 1 unspecified atom stereocenters. The van der Waals surface area contributed by atoms with E-state index in [0.29, 0.717) is 12.3 Å². The summed E-state index contributed by atoms with van der Waals surface area (Å²) >= 11 is 0. The van der Waals surface area contributed by atoms with Crippen molar-refractivity contribution in [2.24, 2.45) is 5.92 Å². The molecule has 21 heavy (non-hydrogen) atoms. The van der Waals surface area contributed by atoms with Crippen molar-refractivity contribution in [3.63, 3.8) is 0 Å². The lowest BCUT2D eigenvalue weighted by atomic mass is 9.94. The third kappa shape index (κ3) is 5.21. The molecule has 1 aromatic rings. The molecule has 1 N–H and O–H groups in total. The number of amides is 1. The Balaban J connectivity index is 2.49. The number of oxazole rings is 1. The average Bonchev–Trinajstić information content (AvgIpc) is 2.84. The molecule has 0 aliphatic heterocycles. The number of hydrogen-bond donors (Lipinski definition) is 1. The van der Waals surface area contributed by atoms with Crippen molar-refractivity contribution in [3.05, 3.63) is 17.8 Å². The topological polar surface area (TPSA) is 83.6 Å². The molecule has 0 aliphatic carbocycles. The predicted molar refractivity (Wildman–Crippen MR) is 78.0 cm³/mol. The van der Waals surface area contributed by atoms with E-state index in [1.807, 2.05) is 20.8 Å². The minimum Gasteiger partial charge on any atom is -0.481 e. The van der Waals surface area contributed by atoms with Crippen LogP contribution in [0.25, 0.3) is 0 Å². The molecule has 0 saturated carbocycles. The van der Waals surface area contributed by atoms with Crippen LogP contribution in [0.2, 0.25) is 0 Å². The van der Waals surface area contributed by atoms with Gasteiger partial charge in [-0.15, -0.1) is 0 Å². The van der Waals surface area contributed by atoms with Crippen molar-refractivity contribution in [2.75, 3.05) is 13.6 Å². The number of hydrogen-bond acceptors (Lipinski definition) is 4. The number of aryl methyl sites for hydroxylation is 1. The number of rotatable bonds is 6. The summed E-state index contributed by atoms with van der Waals surface area (Å²) in [6.45, 7) is 7.87. The van der Waals surface area contributed by atoms with E-state index < -0.39 is 11.9 Å². The Labute approximate surface area is 125 Å². The van der Waals surface area contributed by atoms with Crippen LogP contribution in [0, 0.1) is 5.92 Å². The highest BCUT2D eigenvalue weighted by atomic mass is 16.4. The van der Waals surface area contributed by atoms with Crippen LogP contribution in [-0.4, -0.2) is 40.5 Å². The standard InChI is InChI=1S/C15H24N2O4/c1-10(14(19)20)9-17(5)13(18)7-6-12-16-8-11(21-12)15(2,3)4/h8,10H,6-7,9H2,1-5H3,(H,19,20). The van der Waals surface area contributed by atoms with Gasteiger partial charge in [0.15, 0.2) is 5.89 Å². The Morgan fingerprint density at radius 2 is 2.05 bits per heavy atom. The smallest absolute Gasteiger partial charge is 0.308 e. The van der Waals surface area contributed by atoms with Crippen molar-refractivity contribution in [1.29, 1.82) is 0 Å². The first-order valence-corrected chi connectivity index (χ1v) is 7.03. The Hall–Kier alpha value is -1.85. The zero-order chi connectivity index (χ0) is 16.2. The van der Waals surface area contributed by atoms with Crippen LogP contribution in [0.1, 0.15) is 45.8 Å². The average molecular weight is 296 g/mol. The van der Waals surface area contributed by atoms with Gasteiger partial charge in [-0.05, 0) is 0 Å². The second-order valence-electron chi connectivity index (χ2n) is 6.38. The van der Waals surface area contributed by atoms with Gasteiger partial charge in [0, 0.05) is 31.8 Å². The minimum absolute atomic E-state index is 0.108. The first-order valence-electron chi connectivity index (χ1n) is 7.03. The molecule has 6 nitrogen and oxygen atoms in total. The highest BCUT2D eigenvalue weighted by Gasteiger charge is 2.20. The van der Waals surface area contributed by atoms with Gasteiger partial charge in [-0.1, -0.05) is 27.7 Å². The molecule has 1 atom stereocenters. The van der Waals surface area contributed by atoms with Crippen molar-refractivity contribution >= 4 is 11.9 Å². The van der Waals surface area contributed by atoms with E-state index in [4.69, 9.17) is 9.52 Å². The van der Waals surface area contributed by atoms with Crippen LogP contribution in [0.4, 0.5) is 0 Å². The Morgan fingerprint density at radius 3 is 2.52 bits per heavy atom. The van der Waals surface area contributed by atoms with Gasteiger partial charge >= 0.3 is 5.97 Å². The largest absolute Gasteiger partial charge is 0.481 e. The molecule has 1 amide bonds. The molecule has 1 heterocycles. The summed E-state index contributed by atoms with van der Waals surface area (Å²) in [5.41, 5.74) is -0.108. The minimum atomic E-state index is -0.905. The quantitative estimate of drug-likeness (QED) is 0.869. The van der Waals surface area contributed by atoms with E-state index in [0.717, 1.165) is 5.76 Å². The summed E-state index contributed by atoms with van der Waals surface area (Å²) < 4.78 is 5.62. The third-order valence-corrected chi connectivity index (χ3v) is 3.24. The predicted octanol–water partition coefficient (Wildman–Crippen LogP) is 2.08. The summed E-state index contributed by atoms with van der Waals surface area (Å²) in [6, 6.07) is 0. The lowest BCUT2D eigenvalue weighted by Gasteiger charge is -2.19. The molecule has 118 valence electrons. The van der Waals surface area contributed by atoms with Crippen LogP contribution in [0.15, 0.2) is 10.6 Å².